The summed E-state index contributed by atoms with van der Waals surface area (Å²) in [5.74, 6) is 0.105. The summed E-state index contributed by atoms with van der Waals surface area (Å²) in [7, 11) is 0. The molecule has 42 valence electrons. The van der Waals surface area contributed by atoms with Crippen molar-refractivity contribution in [2.45, 2.75) is 0 Å². The lowest BCUT2D eigenvalue weighted by molar-refractivity contribution is -0.269. The lowest BCUT2D eigenvalue weighted by Crippen LogP contribution is -1.90. The summed E-state index contributed by atoms with van der Waals surface area (Å²) in [6.07, 6.45) is 0. The summed E-state index contributed by atoms with van der Waals surface area (Å²) < 4.78 is 0.783. The van der Waals surface area contributed by atoms with Crippen LogP contribution in [0.2, 0.25) is 0 Å². The molecule has 0 saturated carbocycles. The predicted molar refractivity (Wildman–Crippen MR) is 38.6 cm³/mol. The van der Waals surface area contributed by atoms with Crippen LogP contribution in [-0.4, -0.2) is 0 Å². The molecule has 8 heavy (non-hydrogen) atoms. The fourth-order valence-corrected chi connectivity index (χ4v) is 0.832. The van der Waals surface area contributed by atoms with E-state index in [0.29, 0.717) is 0 Å². The Kier molecular flexibility index (Phi) is 1.73. The first-order valence-electron chi connectivity index (χ1n) is 2.22. The van der Waals surface area contributed by atoms with E-state index in [4.69, 9.17) is 0 Å². The van der Waals surface area contributed by atoms with Gasteiger partial charge in [-0.25, -0.2) is 0 Å². The molecule has 1 rings (SSSR count). The van der Waals surface area contributed by atoms with Crippen molar-refractivity contribution < 1.29 is 5.11 Å². The fraction of sp³-hybridized carbons (Fsp3) is 0. The minimum absolute atomic E-state index is 0.105. The highest BCUT2D eigenvalue weighted by molar-refractivity contribution is 14.1. The van der Waals surface area contributed by atoms with E-state index in [1.165, 1.54) is 0 Å². The molecule has 0 aromatic heterocycles. The van der Waals surface area contributed by atoms with Crippen molar-refractivity contribution in [3.05, 3.63) is 27.8 Å². The van der Waals surface area contributed by atoms with Crippen LogP contribution < -0.4 is 5.11 Å². The maximum absolute atomic E-state index is 10.6. The Morgan fingerprint density at radius 1 is 1.25 bits per heavy atom. The van der Waals surface area contributed by atoms with E-state index in [-0.39, 0.29) is 5.75 Å². The first kappa shape index (κ1) is 5.88. The van der Waals surface area contributed by atoms with E-state index in [2.05, 4.69) is 0 Å². The largest absolute Gasteiger partial charge is 0.872 e. The highest BCUT2D eigenvalue weighted by atomic mass is 127. The molecule has 0 amide bonds. The second-order valence-corrected chi connectivity index (χ2v) is 2.59. The van der Waals surface area contributed by atoms with Crippen LogP contribution in [0.5, 0.6) is 5.75 Å². The van der Waals surface area contributed by atoms with E-state index >= 15 is 0 Å². The van der Waals surface area contributed by atoms with Gasteiger partial charge in [-0.2, -0.15) is 0 Å². The summed E-state index contributed by atoms with van der Waals surface area (Å²) >= 11 is 2.01. The summed E-state index contributed by atoms with van der Waals surface area (Å²) in [5.41, 5.74) is 0. The molecule has 0 aliphatic heterocycles. The maximum atomic E-state index is 10.6. The Hall–Kier alpha value is -0.250. The molecule has 0 spiro atoms. The second kappa shape index (κ2) is 2.35. The number of hydrogen-bond donors (Lipinski definition) is 0. The zero-order valence-electron chi connectivity index (χ0n) is 4.10. The molecule has 0 saturated heterocycles. The van der Waals surface area contributed by atoms with Gasteiger partial charge in [-0.3, -0.25) is 0 Å². The SMILES string of the molecule is [O-]c1ccccc1I. The summed E-state index contributed by atoms with van der Waals surface area (Å²) in [5, 5.41) is 10.6. The Bertz CT molecular complexity index is 165. The van der Waals surface area contributed by atoms with E-state index < -0.39 is 0 Å². The smallest absolute Gasteiger partial charge is 0.00512 e. The van der Waals surface area contributed by atoms with Crippen molar-refractivity contribution in [1.29, 1.82) is 0 Å². The molecule has 1 aromatic carbocycles. The number of benzene rings is 1. The molecule has 0 atom stereocenters. The first-order valence-corrected chi connectivity index (χ1v) is 3.30. The quantitative estimate of drug-likeness (QED) is 0.604. The van der Waals surface area contributed by atoms with E-state index in [9.17, 15) is 5.11 Å². The molecule has 1 aromatic rings. The number of rotatable bonds is 0. The van der Waals surface area contributed by atoms with Gasteiger partial charge in [-0.15, -0.1) is 0 Å². The van der Waals surface area contributed by atoms with Gasteiger partial charge in [-0.1, -0.05) is 23.9 Å². The highest BCUT2D eigenvalue weighted by Crippen LogP contribution is 2.13. The van der Waals surface area contributed by atoms with Crippen molar-refractivity contribution in [2.75, 3.05) is 0 Å². The molecule has 0 radical (unpaired) electrons. The maximum Gasteiger partial charge on any atom is 0.00512 e. The molecule has 0 aliphatic rings. The zero-order valence-corrected chi connectivity index (χ0v) is 6.25. The molecular weight excluding hydrogens is 215 g/mol. The van der Waals surface area contributed by atoms with Gasteiger partial charge in [0.1, 0.15) is 0 Å². The summed E-state index contributed by atoms with van der Waals surface area (Å²) in [4.78, 5) is 0. The molecule has 0 bridgehead atoms. The number of para-hydroxylation sites is 1. The number of halogens is 1. The monoisotopic (exact) mass is 219 g/mol. The Morgan fingerprint density at radius 2 is 1.88 bits per heavy atom. The van der Waals surface area contributed by atoms with Crippen LogP contribution in [0, 0.1) is 3.57 Å². The first-order chi connectivity index (χ1) is 3.80. The van der Waals surface area contributed by atoms with Gasteiger partial charge in [-0.05, 0) is 28.7 Å². The lowest BCUT2D eigenvalue weighted by atomic mass is 10.3. The zero-order chi connectivity index (χ0) is 5.98. The molecule has 1 nitrogen and oxygen atoms in total. The minimum Gasteiger partial charge on any atom is -0.872 e. The second-order valence-electron chi connectivity index (χ2n) is 1.43. The molecule has 0 fully saturated rings. The average Bonchev–Trinajstić information content (AvgIpc) is 1.77. The van der Waals surface area contributed by atoms with E-state index in [1.807, 2.05) is 28.7 Å². The van der Waals surface area contributed by atoms with Crippen LogP contribution in [0.25, 0.3) is 0 Å². The van der Waals surface area contributed by atoms with Crippen LogP contribution in [0.3, 0.4) is 0 Å². The topological polar surface area (TPSA) is 23.1 Å². The lowest BCUT2D eigenvalue weighted by Gasteiger charge is -2.04. The van der Waals surface area contributed by atoms with Gasteiger partial charge in [0.15, 0.2) is 0 Å². The average molecular weight is 219 g/mol. The van der Waals surface area contributed by atoms with Crippen LogP contribution in [-0.2, 0) is 0 Å². The third-order valence-electron chi connectivity index (χ3n) is 0.837. The van der Waals surface area contributed by atoms with Gasteiger partial charge in [0.2, 0.25) is 0 Å². The molecule has 0 unspecified atom stereocenters. The number of hydrogen-bond acceptors (Lipinski definition) is 1. The van der Waals surface area contributed by atoms with Crippen molar-refractivity contribution in [3.8, 4) is 5.75 Å². The van der Waals surface area contributed by atoms with Crippen LogP contribution in [0.1, 0.15) is 0 Å². The third-order valence-corrected chi connectivity index (χ3v) is 1.73. The molecule has 0 N–H and O–H groups in total. The van der Waals surface area contributed by atoms with Gasteiger partial charge in [0.25, 0.3) is 0 Å². The standard InChI is InChI=1S/C6H5IO/c7-5-3-1-2-4-6(5)8/h1-4,8H/p-1. The normalized spacial score (nSPS) is 9.12. The van der Waals surface area contributed by atoms with Crippen molar-refractivity contribution >= 4 is 22.6 Å². The van der Waals surface area contributed by atoms with Crippen LogP contribution in [0.15, 0.2) is 24.3 Å². The van der Waals surface area contributed by atoms with E-state index in [1.54, 1.807) is 18.2 Å². The molecule has 2 heteroatoms. The van der Waals surface area contributed by atoms with Crippen molar-refractivity contribution in [2.24, 2.45) is 0 Å². The Morgan fingerprint density at radius 3 is 2.25 bits per heavy atom. The summed E-state index contributed by atoms with van der Waals surface area (Å²) in [6.45, 7) is 0. The molecule has 0 aliphatic carbocycles. The van der Waals surface area contributed by atoms with Gasteiger partial charge in [0, 0.05) is 3.57 Å². The van der Waals surface area contributed by atoms with Gasteiger partial charge < -0.3 is 5.11 Å². The van der Waals surface area contributed by atoms with Crippen molar-refractivity contribution in [1.82, 2.24) is 0 Å². The van der Waals surface area contributed by atoms with Crippen LogP contribution >= 0.6 is 22.6 Å². The van der Waals surface area contributed by atoms with E-state index in [0.717, 1.165) is 3.57 Å². The Balaban J connectivity index is 3.13. The Labute approximate surface area is 61.5 Å². The molecular formula is C6H4IO-. The molecule has 0 heterocycles. The fourth-order valence-electron chi connectivity index (χ4n) is 0.445. The summed E-state index contributed by atoms with van der Waals surface area (Å²) in [6, 6.07) is 6.94. The van der Waals surface area contributed by atoms with Gasteiger partial charge in [0.05, 0.1) is 0 Å². The third kappa shape index (κ3) is 1.12. The minimum atomic E-state index is 0.105. The highest BCUT2D eigenvalue weighted by Gasteiger charge is 1.80. The van der Waals surface area contributed by atoms with Crippen LogP contribution in [0.4, 0.5) is 0 Å². The van der Waals surface area contributed by atoms with Gasteiger partial charge >= 0.3 is 0 Å². The van der Waals surface area contributed by atoms with Crippen molar-refractivity contribution in [3.63, 3.8) is 0 Å². The predicted octanol–water partition coefficient (Wildman–Crippen LogP) is 1.36.